The van der Waals surface area contributed by atoms with Crippen LogP contribution in [0.15, 0.2) is 33.6 Å². The zero-order chi connectivity index (χ0) is 14.0. The molecule has 0 unspecified atom stereocenters. The molecule has 0 aliphatic rings. The summed E-state index contributed by atoms with van der Waals surface area (Å²) in [4.78, 5) is 13.8. The minimum atomic E-state index is -0.188. The van der Waals surface area contributed by atoms with Gasteiger partial charge in [0.1, 0.15) is 0 Å². The summed E-state index contributed by atoms with van der Waals surface area (Å²) in [6.07, 6.45) is 0. The van der Waals surface area contributed by atoms with Gasteiger partial charge in [-0.25, -0.2) is 0 Å². The molecule has 0 atom stereocenters. The Morgan fingerprint density at radius 3 is 1.89 bits per heavy atom. The molecule has 0 saturated carbocycles. The molecule has 0 N–H and O–H groups in total. The maximum atomic E-state index is 10.5. The van der Waals surface area contributed by atoms with Gasteiger partial charge in [0.25, 0.3) is 0 Å². The van der Waals surface area contributed by atoms with Crippen LogP contribution in [0.2, 0.25) is 0 Å². The fourth-order valence-corrected chi connectivity index (χ4v) is 2.33. The maximum Gasteiger partial charge on any atom is 0.247 e. The van der Waals surface area contributed by atoms with Crippen LogP contribution in [0.25, 0.3) is 0 Å². The van der Waals surface area contributed by atoms with Crippen molar-refractivity contribution in [2.45, 2.75) is 25.7 Å². The van der Waals surface area contributed by atoms with Gasteiger partial charge in [-0.1, -0.05) is 49.3 Å². The molecule has 1 aromatic rings. The molecular formula is C13H20BrNOS2. The zero-order valence-electron chi connectivity index (χ0n) is 11.0. The van der Waals surface area contributed by atoms with E-state index in [1.165, 1.54) is 19.6 Å². The van der Waals surface area contributed by atoms with E-state index in [4.69, 9.17) is 0 Å². The van der Waals surface area contributed by atoms with E-state index in [0.717, 1.165) is 21.1 Å². The minimum absolute atomic E-state index is 0.188. The second-order valence-corrected chi connectivity index (χ2v) is 6.11. The predicted molar refractivity (Wildman–Crippen MR) is 87.8 cm³/mol. The van der Waals surface area contributed by atoms with Crippen molar-refractivity contribution in [1.29, 1.82) is 0 Å². The third-order valence-electron chi connectivity index (χ3n) is 2.36. The van der Waals surface area contributed by atoms with E-state index in [1.807, 2.05) is 24.3 Å². The van der Waals surface area contributed by atoms with Crippen molar-refractivity contribution < 1.29 is 4.79 Å². The van der Waals surface area contributed by atoms with Crippen LogP contribution in [0.1, 0.15) is 20.8 Å². The lowest BCUT2D eigenvalue weighted by Crippen LogP contribution is -2.21. The summed E-state index contributed by atoms with van der Waals surface area (Å²) in [5, 5.41) is 0. The second kappa shape index (κ2) is 10.9. The van der Waals surface area contributed by atoms with Gasteiger partial charge >= 0.3 is 0 Å². The SMILES string of the molecule is CCN(CC)CC.O=C(S)Sc1ccc(Br)cc1. The van der Waals surface area contributed by atoms with Crippen LogP contribution < -0.4 is 0 Å². The van der Waals surface area contributed by atoms with Crippen molar-refractivity contribution in [3.63, 3.8) is 0 Å². The van der Waals surface area contributed by atoms with Gasteiger partial charge in [-0.05, 0) is 55.7 Å². The van der Waals surface area contributed by atoms with E-state index in [2.05, 4.69) is 54.2 Å². The van der Waals surface area contributed by atoms with Crippen molar-refractivity contribution in [3.8, 4) is 0 Å². The van der Waals surface area contributed by atoms with Crippen LogP contribution in [0.3, 0.4) is 0 Å². The highest BCUT2D eigenvalue weighted by Crippen LogP contribution is 2.22. The number of thiol groups is 1. The number of hydrogen-bond acceptors (Lipinski definition) is 3. The van der Waals surface area contributed by atoms with Gasteiger partial charge in [-0.15, -0.1) is 0 Å². The monoisotopic (exact) mass is 349 g/mol. The average molecular weight is 350 g/mol. The lowest BCUT2D eigenvalue weighted by molar-refractivity contribution is 0.277. The average Bonchev–Trinajstić information content (AvgIpc) is 2.35. The van der Waals surface area contributed by atoms with Crippen LogP contribution in [0.4, 0.5) is 4.79 Å². The Kier molecular flexibility index (Phi) is 10.9. The molecule has 0 aliphatic carbocycles. The van der Waals surface area contributed by atoms with Crippen LogP contribution in [-0.4, -0.2) is 29.0 Å². The summed E-state index contributed by atoms with van der Waals surface area (Å²) in [6, 6.07) is 7.50. The van der Waals surface area contributed by atoms with E-state index >= 15 is 0 Å². The summed E-state index contributed by atoms with van der Waals surface area (Å²) in [5.74, 6) is 0. The molecule has 1 aromatic carbocycles. The molecular weight excluding hydrogens is 330 g/mol. The number of thioether (sulfide) groups is 1. The Hall–Kier alpha value is 0.0300. The summed E-state index contributed by atoms with van der Waals surface area (Å²) < 4.78 is 0.820. The number of carbonyl (C=O) groups excluding carboxylic acids is 1. The number of benzene rings is 1. The molecule has 0 saturated heterocycles. The van der Waals surface area contributed by atoms with E-state index in [0.29, 0.717) is 0 Å². The molecule has 0 aromatic heterocycles. The van der Waals surface area contributed by atoms with Gasteiger partial charge in [-0.2, -0.15) is 0 Å². The molecule has 0 spiro atoms. The number of hydrogen-bond donors (Lipinski definition) is 1. The lowest BCUT2D eigenvalue weighted by atomic mass is 10.4. The molecule has 18 heavy (non-hydrogen) atoms. The normalized spacial score (nSPS) is 9.89. The van der Waals surface area contributed by atoms with Gasteiger partial charge in [0.2, 0.25) is 4.45 Å². The summed E-state index contributed by atoms with van der Waals surface area (Å²) in [6.45, 7) is 10.1. The highest BCUT2D eigenvalue weighted by molar-refractivity contribution is 9.10. The Bertz CT molecular complexity index is 334. The van der Waals surface area contributed by atoms with E-state index in [1.54, 1.807) is 0 Å². The largest absolute Gasteiger partial charge is 0.304 e. The molecule has 0 fully saturated rings. The number of rotatable bonds is 4. The van der Waals surface area contributed by atoms with Crippen LogP contribution in [-0.2, 0) is 0 Å². The van der Waals surface area contributed by atoms with Crippen LogP contribution >= 0.6 is 40.3 Å². The highest BCUT2D eigenvalue weighted by atomic mass is 79.9. The first kappa shape index (κ1) is 18.0. The molecule has 102 valence electrons. The first-order valence-corrected chi connectivity index (χ1v) is 7.97. The Morgan fingerprint density at radius 2 is 1.61 bits per heavy atom. The Morgan fingerprint density at radius 1 is 1.17 bits per heavy atom. The molecule has 2 nitrogen and oxygen atoms in total. The highest BCUT2D eigenvalue weighted by Gasteiger charge is 1.97. The third kappa shape index (κ3) is 9.03. The molecule has 0 bridgehead atoms. The summed E-state index contributed by atoms with van der Waals surface area (Å²) in [5.41, 5.74) is 0. The van der Waals surface area contributed by atoms with E-state index in [-0.39, 0.29) is 4.45 Å². The lowest BCUT2D eigenvalue weighted by Gasteiger charge is -2.13. The number of nitrogens with zero attached hydrogens (tertiary/aromatic N) is 1. The summed E-state index contributed by atoms with van der Waals surface area (Å²) >= 11 is 8.06. The van der Waals surface area contributed by atoms with Gasteiger partial charge in [0.05, 0.1) is 0 Å². The quantitative estimate of drug-likeness (QED) is 0.614. The first-order valence-electron chi connectivity index (χ1n) is 5.92. The van der Waals surface area contributed by atoms with Gasteiger partial charge in [0.15, 0.2) is 0 Å². The second-order valence-electron chi connectivity index (χ2n) is 3.44. The minimum Gasteiger partial charge on any atom is -0.304 e. The Balaban J connectivity index is 0.000000360. The topological polar surface area (TPSA) is 20.3 Å². The number of carbonyl (C=O) groups is 1. The fourth-order valence-electron chi connectivity index (χ4n) is 1.27. The van der Waals surface area contributed by atoms with E-state index < -0.39 is 0 Å². The van der Waals surface area contributed by atoms with Gasteiger partial charge < -0.3 is 4.90 Å². The van der Waals surface area contributed by atoms with Gasteiger partial charge in [0, 0.05) is 9.37 Å². The van der Waals surface area contributed by atoms with E-state index in [9.17, 15) is 4.79 Å². The van der Waals surface area contributed by atoms with Crippen molar-refractivity contribution in [2.24, 2.45) is 0 Å². The smallest absolute Gasteiger partial charge is 0.247 e. The first-order chi connectivity index (χ1) is 8.53. The molecule has 0 amide bonds. The Labute approximate surface area is 128 Å². The van der Waals surface area contributed by atoms with Crippen molar-refractivity contribution in [1.82, 2.24) is 4.90 Å². The summed E-state index contributed by atoms with van der Waals surface area (Å²) in [7, 11) is 0. The van der Waals surface area contributed by atoms with Gasteiger partial charge in [-0.3, -0.25) is 4.79 Å². The molecule has 5 heteroatoms. The molecule has 0 aliphatic heterocycles. The predicted octanol–water partition coefficient (Wildman–Crippen LogP) is 4.94. The van der Waals surface area contributed by atoms with Crippen molar-refractivity contribution in [2.75, 3.05) is 19.6 Å². The van der Waals surface area contributed by atoms with Crippen LogP contribution in [0.5, 0.6) is 0 Å². The maximum absolute atomic E-state index is 10.5. The fraction of sp³-hybridized carbons (Fsp3) is 0.462. The molecule has 0 heterocycles. The third-order valence-corrected chi connectivity index (χ3v) is 3.85. The van der Waals surface area contributed by atoms with Crippen molar-refractivity contribution >= 4 is 44.8 Å². The molecule has 0 radical (unpaired) electrons. The number of halogens is 1. The zero-order valence-corrected chi connectivity index (χ0v) is 14.3. The van der Waals surface area contributed by atoms with Crippen molar-refractivity contribution in [3.05, 3.63) is 28.7 Å². The van der Waals surface area contributed by atoms with Crippen LogP contribution in [0, 0.1) is 0 Å². The standard InChI is InChI=1S/C7H5BrOS2.C6H15N/c8-5-1-3-6(4-2-5)11-7(9)10;1-4-7(5-2)6-3/h1-4H,(H,9,10);4-6H2,1-3H3. The molecule has 1 rings (SSSR count).